The van der Waals surface area contributed by atoms with E-state index in [1.54, 1.807) is 18.2 Å². The molecule has 126 valence electrons. The Morgan fingerprint density at radius 1 is 1.20 bits per heavy atom. The SMILES string of the molecule is Cc1ccc(OCC(=O)NN=Cc2cc3ccccc3[nH]c2=O)cc1. The fraction of sp³-hybridized carbons (Fsp3) is 0.105. The number of benzene rings is 2. The minimum absolute atomic E-state index is 0.158. The van der Waals surface area contributed by atoms with E-state index in [-0.39, 0.29) is 12.2 Å². The second kappa shape index (κ2) is 7.44. The number of hydrogen-bond acceptors (Lipinski definition) is 4. The van der Waals surface area contributed by atoms with Gasteiger partial charge in [0.25, 0.3) is 11.5 Å². The molecule has 3 aromatic rings. The molecule has 0 aliphatic heterocycles. The number of aryl methyl sites for hydroxylation is 1. The zero-order chi connectivity index (χ0) is 17.6. The number of hydrogen-bond donors (Lipinski definition) is 2. The fourth-order valence-electron chi connectivity index (χ4n) is 2.25. The number of aromatic nitrogens is 1. The molecule has 2 N–H and O–H groups in total. The average Bonchev–Trinajstić information content (AvgIpc) is 2.61. The Labute approximate surface area is 144 Å². The maximum absolute atomic E-state index is 12.0. The summed E-state index contributed by atoms with van der Waals surface area (Å²) in [7, 11) is 0. The van der Waals surface area contributed by atoms with E-state index in [0.29, 0.717) is 11.3 Å². The van der Waals surface area contributed by atoms with Crippen molar-refractivity contribution in [2.45, 2.75) is 6.92 Å². The number of H-pyrrole nitrogens is 1. The smallest absolute Gasteiger partial charge is 0.277 e. The molecule has 1 heterocycles. The van der Waals surface area contributed by atoms with Gasteiger partial charge in [0.15, 0.2) is 6.61 Å². The van der Waals surface area contributed by atoms with Crippen LogP contribution in [0, 0.1) is 6.92 Å². The van der Waals surface area contributed by atoms with Gasteiger partial charge in [0, 0.05) is 5.52 Å². The molecular formula is C19H17N3O3. The van der Waals surface area contributed by atoms with Gasteiger partial charge in [-0.05, 0) is 36.6 Å². The third-order valence-corrected chi connectivity index (χ3v) is 3.57. The van der Waals surface area contributed by atoms with Gasteiger partial charge in [-0.3, -0.25) is 9.59 Å². The van der Waals surface area contributed by atoms with Crippen LogP contribution in [-0.2, 0) is 4.79 Å². The van der Waals surface area contributed by atoms with E-state index in [9.17, 15) is 9.59 Å². The van der Waals surface area contributed by atoms with Gasteiger partial charge < -0.3 is 9.72 Å². The van der Waals surface area contributed by atoms with Crippen molar-refractivity contribution >= 4 is 23.0 Å². The van der Waals surface area contributed by atoms with E-state index in [1.165, 1.54) is 6.21 Å². The first-order chi connectivity index (χ1) is 12.1. The summed E-state index contributed by atoms with van der Waals surface area (Å²) in [6.07, 6.45) is 1.31. The van der Waals surface area contributed by atoms with Gasteiger partial charge in [-0.1, -0.05) is 35.9 Å². The van der Waals surface area contributed by atoms with Gasteiger partial charge in [0.2, 0.25) is 0 Å². The minimum Gasteiger partial charge on any atom is -0.484 e. The zero-order valence-corrected chi connectivity index (χ0v) is 13.7. The van der Waals surface area contributed by atoms with Crippen LogP contribution in [0.5, 0.6) is 5.75 Å². The maximum atomic E-state index is 12.0. The number of pyridine rings is 1. The molecule has 1 amide bonds. The molecule has 6 nitrogen and oxygen atoms in total. The van der Waals surface area contributed by atoms with Gasteiger partial charge in [-0.2, -0.15) is 5.10 Å². The van der Waals surface area contributed by atoms with Crippen molar-refractivity contribution in [3.8, 4) is 5.75 Å². The van der Waals surface area contributed by atoms with Crippen LogP contribution in [0.3, 0.4) is 0 Å². The number of aromatic amines is 1. The number of hydrazone groups is 1. The molecule has 0 bridgehead atoms. The van der Waals surface area contributed by atoms with E-state index < -0.39 is 5.91 Å². The number of rotatable bonds is 5. The first-order valence-electron chi connectivity index (χ1n) is 7.75. The van der Waals surface area contributed by atoms with E-state index in [1.807, 2.05) is 43.3 Å². The van der Waals surface area contributed by atoms with Crippen LogP contribution in [0.2, 0.25) is 0 Å². The molecule has 0 aliphatic carbocycles. The third kappa shape index (κ3) is 4.32. The summed E-state index contributed by atoms with van der Waals surface area (Å²) < 4.78 is 5.35. The molecule has 0 unspecified atom stereocenters. The lowest BCUT2D eigenvalue weighted by Crippen LogP contribution is -2.25. The summed E-state index contributed by atoms with van der Waals surface area (Å²) in [5, 5.41) is 4.70. The van der Waals surface area contributed by atoms with Gasteiger partial charge >= 0.3 is 0 Å². The van der Waals surface area contributed by atoms with Gasteiger partial charge in [0.05, 0.1) is 11.8 Å². The Bertz CT molecular complexity index is 975. The number of para-hydroxylation sites is 1. The normalized spacial score (nSPS) is 10.9. The third-order valence-electron chi connectivity index (χ3n) is 3.57. The number of ether oxygens (including phenoxy) is 1. The Kier molecular flexibility index (Phi) is 4.89. The molecule has 0 radical (unpaired) electrons. The molecule has 0 aliphatic rings. The first kappa shape index (κ1) is 16.4. The first-order valence-corrected chi connectivity index (χ1v) is 7.75. The van der Waals surface area contributed by atoms with Crippen LogP contribution in [-0.4, -0.2) is 23.7 Å². The summed E-state index contributed by atoms with van der Waals surface area (Å²) in [5.74, 6) is 0.199. The van der Waals surface area contributed by atoms with E-state index in [4.69, 9.17) is 4.74 Å². The maximum Gasteiger partial charge on any atom is 0.277 e. The molecule has 2 aromatic carbocycles. The predicted octanol–water partition coefficient (Wildman–Crippen LogP) is 2.37. The molecule has 1 aromatic heterocycles. The molecule has 0 fully saturated rings. The molecule has 3 rings (SSSR count). The van der Waals surface area contributed by atoms with E-state index >= 15 is 0 Å². The monoisotopic (exact) mass is 335 g/mol. The molecule has 0 spiro atoms. The van der Waals surface area contributed by atoms with Crippen LogP contribution < -0.4 is 15.7 Å². The predicted molar refractivity (Wildman–Crippen MR) is 97.0 cm³/mol. The van der Waals surface area contributed by atoms with Gasteiger partial charge in [0.1, 0.15) is 5.75 Å². The highest BCUT2D eigenvalue weighted by Gasteiger charge is 2.03. The van der Waals surface area contributed by atoms with Crippen molar-refractivity contribution < 1.29 is 9.53 Å². The second-order valence-corrected chi connectivity index (χ2v) is 5.54. The zero-order valence-electron chi connectivity index (χ0n) is 13.7. The molecule has 0 saturated heterocycles. The summed E-state index contributed by atoms with van der Waals surface area (Å²) in [5.41, 5.74) is 4.29. The van der Waals surface area contributed by atoms with Crippen molar-refractivity contribution in [3.05, 3.63) is 76.1 Å². The molecule has 25 heavy (non-hydrogen) atoms. The Hall–Kier alpha value is -3.41. The van der Waals surface area contributed by atoms with Crippen molar-refractivity contribution in [3.63, 3.8) is 0 Å². The number of amides is 1. The lowest BCUT2D eigenvalue weighted by molar-refractivity contribution is -0.123. The number of carbonyl (C=O) groups excluding carboxylic acids is 1. The van der Waals surface area contributed by atoms with Gasteiger partial charge in [-0.15, -0.1) is 0 Å². The highest BCUT2D eigenvalue weighted by molar-refractivity contribution is 5.88. The lowest BCUT2D eigenvalue weighted by Gasteiger charge is -2.05. The molecule has 0 saturated carbocycles. The van der Waals surface area contributed by atoms with Crippen LogP contribution in [0.25, 0.3) is 10.9 Å². The van der Waals surface area contributed by atoms with Crippen molar-refractivity contribution in [1.29, 1.82) is 0 Å². The quantitative estimate of drug-likeness (QED) is 0.554. The molecule has 6 heteroatoms. The number of nitrogens with zero attached hydrogens (tertiary/aromatic N) is 1. The summed E-state index contributed by atoms with van der Waals surface area (Å²) >= 11 is 0. The van der Waals surface area contributed by atoms with Crippen molar-refractivity contribution in [2.75, 3.05) is 6.61 Å². The number of nitrogens with one attached hydrogen (secondary N) is 2. The fourth-order valence-corrected chi connectivity index (χ4v) is 2.25. The largest absolute Gasteiger partial charge is 0.484 e. The van der Waals surface area contributed by atoms with Crippen LogP contribution in [0.4, 0.5) is 0 Å². The van der Waals surface area contributed by atoms with Gasteiger partial charge in [-0.25, -0.2) is 5.43 Å². The number of fused-ring (bicyclic) bond motifs is 1. The minimum atomic E-state index is -0.408. The van der Waals surface area contributed by atoms with E-state index in [2.05, 4.69) is 15.5 Å². The number of carbonyl (C=O) groups is 1. The van der Waals surface area contributed by atoms with Crippen molar-refractivity contribution in [2.24, 2.45) is 5.10 Å². The highest BCUT2D eigenvalue weighted by Crippen LogP contribution is 2.11. The summed E-state index contributed by atoms with van der Waals surface area (Å²) in [4.78, 5) is 26.5. The Balaban J connectivity index is 1.59. The molecule has 0 atom stereocenters. The van der Waals surface area contributed by atoms with Crippen LogP contribution in [0.1, 0.15) is 11.1 Å². The topological polar surface area (TPSA) is 83.5 Å². The summed E-state index contributed by atoms with van der Waals surface area (Å²) in [6, 6.07) is 16.5. The highest BCUT2D eigenvalue weighted by atomic mass is 16.5. The standard InChI is InChI=1S/C19H17N3O3/c1-13-6-8-16(9-7-13)25-12-18(23)22-20-11-15-10-14-4-2-3-5-17(14)21-19(15)24/h2-11H,12H2,1H3,(H,21,24)(H,22,23). The Morgan fingerprint density at radius 3 is 2.76 bits per heavy atom. The van der Waals surface area contributed by atoms with Crippen LogP contribution >= 0.6 is 0 Å². The summed E-state index contributed by atoms with van der Waals surface area (Å²) in [6.45, 7) is 1.81. The second-order valence-electron chi connectivity index (χ2n) is 5.54. The van der Waals surface area contributed by atoms with Crippen molar-refractivity contribution in [1.82, 2.24) is 10.4 Å². The lowest BCUT2D eigenvalue weighted by atomic mass is 10.2. The van der Waals surface area contributed by atoms with E-state index in [0.717, 1.165) is 16.5 Å². The Morgan fingerprint density at radius 2 is 1.96 bits per heavy atom. The molecular weight excluding hydrogens is 318 g/mol. The van der Waals surface area contributed by atoms with Crippen LogP contribution in [0.15, 0.2) is 64.5 Å². The average molecular weight is 335 g/mol.